The van der Waals surface area contributed by atoms with Gasteiger partial charge in [0.15, 0.2) is 0 Å². The maximum atomic E-state index is 10.2. The largest absolute Gasteiger partial charge is 0.545 e. The van der Waals surface area contributed by atoms with Crippen molar-refractivity contribution < 1.29 is 42.2 Å². The second-order valence-corrected chi connectivity index (χ2v) is 2.00. The van der Waals surface area contributed by atoms with Gasteiger partial charge in [-0.05, 0) is 12.1 Å². The molecule has 13 heavy (non-hydrogen) atoms. The van der Waals surface area contributed by atoms with E-state index in [2.05, 4.69) is 4.98 Å². The molecule has 0 saturated carbocycles. The summed E-state index contributed by atoms with van der Waals surface area (Å²) in [6, 6.07) is 2.02. The van der Waals surface area contributed by atoms with Crippen LogP contribution in [0.3, 0.4) is 0 Å². The second-order valence-electron chi connectivity index (χ2n) is 2.00. The quantitative estimate of drug-likeness (QED) is 0.570. The Morgan fingerprint density at radius 1 is 1.23 bits per heavy atom. The number of pyridine rings is 1. The average Bonchev–Trinajstić information content (AvgIpc) is 2.04. The van der Waals surface area contributed by atoms with Crippen molar-refractivity contribution in [3.63, 3.8) is 0 Å². The second kappa shape index (κ2) is 4.76. The van der Waals surface area contributed by atoms with Gasteiger partial charge in [-0.3, -0.25) is 4.98 Å². The fraction of sp³-hybridized carbons (Fsp3) is 0. The number of aromatic nitrogens is 1. The SMILES string of the molecule is O=C([O-])c1ccnc(C(=O)[O-])c1.[Ag]. The van der Waals surface area contributed by atoms with E-state index in [0.717, 1.165) is 18.3 Å². The molecule has 5 nitrogen and oxygen atoms in total. The summed E-state index contributed by atoms with van der Waals surface area (Å²) in [4.78, 5) is 23.8. The first-order valence-corrected chi connectivity index (χ1v) is 3.00. The van der Waals surface area contributed by atoms with Gasteiger partial charge in [0.1, 0.15) is 0 Å². The summed E-state index contributed by atoms with van der Waals surface area (Å²) >= 11 is 0. The smallest absolute Gasteiger partial charge is 0.0900 e. The van der Waals surface area contributed by atoms with Crippen LogP contribution in [0.15, 0.2) is 18.3 Å². The van der Waals surface area contributed by atoms with Crippen LogP contribution in [-0.2, 0) is 22.4 Å². The number of carbonyl (C=O) groups excluding carboxylic acids is 2. The summed E-state index contributed by atoms with van der Waals surface area (Å²) in [6.07, 6.45) is 1.07. The summed E-state index contributed by atoms with van der Waals surface area (Å²) < 4.78 is 0. The van der Waals surface area contributed by atoms with Crippen molar-refractivity contribution in [1.29, 1.82) is 0 Å². The van der Waals surface area contributed by atoms with Crippen LogP contribution in [0.2, 0.25) is 0 Å². The fourth-order valence-corrected chi connectivity index (χ4v) is 0.669. The minimum Gasteiger partial charge on any atom is -0.545 e. The first-order valence-electron chi connectivity index (χ1n) is 3.00. The number of rotatable bonds is 2. The summed E-state index contributed by atoms with van der Waals surface area (Å²) in [5.74, 6) is -2.96. The van der Waals surface area contributed by atoms with Crippen molar-refractivity contribution in [3.8, 4) is 0 Å². The molecule has 0 fully saturated rings. The van der Waals surface area contributed by atoms with Gasteiger partial charge in [-0.25, -0.2) is 0 Å². The summed E-state index contributed by atoms with van der Waals surface area (Å²) in [6.45, 7) is 0. The van der Waals surface area contributed by atoms with E-state index in [1.807, 2.05) is 0 Å². The Labute approximate surface area is 88.9 Å². The van der Waals surface area contributed by atoms with E-state index >= 15 is 0 Å². The molecule has 0 aliphatic carbocycles. The molecule has 0 unspecified atom stereocenters. The average molecular weight is 273 g/mol. The van der Waals surface area contributed by atoms with Crippen molar-refractivity contribution in [2.75, 3.05) is 0 Å². The van der Waals surface area contributed by atoms with Crippen LogP contribution in [0.4, 0.5) is 0 Å². The molecule has 0 aliphatic rings. The van der Waals surface area contributed by atoms with Crippen molar-refractivity contribution in [2.45, 2.75) is 0 Å². The Kier molecular flexibility index (Phi) is 4.33. The van der Waals surface area contributed by atoms with Gasteiger partial charge < -0.3 is 19.8 Å². The van der Waals surface area contributed by atoms with Gasteiger partial charge in [0.2, 0.25) is 0 Å². The third-order valence-corrected chi connectivity index (χ3v) is 1.20. The van der Waals surface area contributed by atoms with Crippen LogP contribution in [0, 0.1) is 0 Å². The predicted octanol–water partition coefficient (Wildman–Crippen LogP) is -2.19. The molecule has 0 aliphatic heterocycles. The maximum Gasteiger partial charge on any atom is 0.0900 e. The Bertz CT molecular complexity index is 310. The molecule has 0 N–H and O–H groups in total. The van der Waals surface area contributed by atoms with Gasteiger partial charge in [0.05, 0.1) is 17.6 Å². The van der Waals surface area contributed by atoms with Gasteiger partial charge in [0.25, 0.3) is 0 Å². The molecule has 0 aromatic carbocycles. The Morgan fingerprint density at radius 3 is 2.31 bits per heavy atom. The zero-order valence-corrected chi connectivity index (χ0v) is 7.60. The zero-order chi connectivity index (χ0) is 9.14. The molecule has 0 spiro atoms. The van der Waals surface area contributed by atoms with Crippen molar-refractivity contribution >= 4 is 11.9 Å². The van der Waals surface area contributed by atoms with Crippen LogP contribution in [-0.4, -0.2) is 16.9 Å². The van der Waals surface area contributed by atoms with Crippen LogP contribution in [0.5, 0.6) is 0 Å². The van der Waals surface area contributed by atoms with E-state index in [9.17, 15) is 19.8 Å². The van der Waals surface area contributed by atoms with Crippen LogP contribution < -0.4 is 10.2 Å². The van der Waals surface area contributed by atoms with Crippen LogP contribution in [0.25, 0.3) is 0 Å². The topological polar surface area (TPSA) is 93.2 Å². The standard InChI is InChI=1S/C7H5NO4.Ag/c9-6(10)4-1-2-8-5(3-4)7(11)12;/h1-3H,(H,9,10)(H,11,12);/p-2. The molecule has 0 bridgehead atoms. The summed E-state index contributed by atoms with van der Waals surface area (Å²) in [7, 11) is 0. The molecule has 1 rings (SSSR count). The molecule has 1 aromatic heterocycles. The number of hydrogen-bond acceptors (Lipinski definition) is 5. The van der Waals surface area contributed by atoms with Gasteiger partial charge >= 0.3 is 0 Å². The van der Waals surface area contributed by atoms with Crippen molar-refractivity contribution in [2.24, 2.45) is 0 Å². The fourth-order valence-electron chi connectivity index (χ4n) is 0.669. The maximum absolute atomic E-state index is 10.2. The minimum atomic E-state index is -1.52. The first kappa shape index (κ1) is 11.8. The third-order valence-electron chi connectivity index (χ3n) is 1.20. The molecule has 6 heteroatoms. The van der Waals surface area contributed by atoms with Crippen LogP contribution >= 0.6 is 0 Å². The van der Waals surface area contributed by atoms with E-state index in [1.165, 1.54) is 0 Å². The van der Waals surface area contributed by atoms with Crippen molar-refractivity contribution in [1.82, 2.24) is 4.98 Å². The minimum absolute atomic E-state index is 0. The Hall–Kier alpha value is -1.17. The van der Waals surface area contributed by atoms with E-state index in [1.54, 1.807) is 0 Å². The molecule has 0 saturated heterocycles. The van der Waals surface area contributed by atoms with Gasteiger partial charge in [-0.1, -0.05) is 0 Å². The molecular weight excluding hydrogens is 270 g/mol. The number of nitrogens with zero attached hydrogens (tertiary/aromatic N) is 1. The van der Waals surface area contributed by atoms with Gasteiger partial charge in [-0.2, -0.15) is 0 Å². The summed E-state index contributed by atoms with van der Waals surface area (Å²) in [5.41, 5.74) is -0.652. The number of carboxylic acids is 2. The van der Waals surface area contributed by atoms with Gasteiger partial charge in [0, 0.05) is 34.1 Å². The number of carbonyl (C=O) groups is 2. The van der Waals surface area contributed by atoms with Crippen LogP contribution in [0.1, 0.15) is 20.8 Å². The van der Waals surface area contributed by atoms with E-state index in [0.29, 0.717) is 0 Å². The molecule has 1 aromatic rings. The monoisotopic (exact) mass is 272 g/mol. The number of hydrogen-bond donors (Lipinski definition) is 0. The molecule has 73 valence electrons. The zero-order valence-electron chi connectivity index (χ0n) is 6.11. The molecular formula is C7H3AgNO4-2. The normalized spacial score (nSPS) is 8.62. The predicted molar refractivity (Wildman–Crippen MR) is 32.9 cm³/mol. The number of carboxylic acid groups (broad SMARTS) is 2. The third kappa shape index (κ3) is 2.98. The number of aromatic carboxylic acids is 2. The molecule has 1 radical (unpaired) electrons. The van der Waals surface area contributed by atoms with E-state index < -0.39 is 17.6 Å². The Morgan fingerprint density at radius 2 is 1.85 bits per heavy atom. The van der Waals surface area contributed by atoms with E-state index in [4.69, 9.17) is 0 Å². The Balaban J connectivity index is 0.00000144. The molecule has 0 amide bonds. The molecule has 1 heterocycles. The van der Waals surface area contributed by atoms with E-state index in [-0.39, 0.29) is 27.9 Å². The first-order chi connectivity index (χ1) is 5.61. The summed E-state index contributed by atoms with van der Waals surface area (Å²) in [5, 5.41) is 20.4. The van der Waals surface area contributed by atoms with Crippen molar-refractivity contribution in [3.05, 3.63) is 29.6 Å². The van der Waals surface area contributed by atoms with Gasteiger partial charge in [-0.15, -0.1) is 0 Å². The molecule has 0 atom stereocenters.